The topological polar surface area (TPSA) is 9.23 Å². The monoisotopic (exact) mass is 466 g/mol. The number of alkyl halides is 3. The van der Waals surface area contributed by atoms with Gasteiger partial charge < -0.3 is 4.74 Å². The Kier molecular flexibility index (Phi) is 7.20. The maximum absolute atomic E-state index is 15.3. The quantitative estimate of drug-likeness (QED) is 0.186. The lowest BCUT2D eigenvalue weighted by atomic mass is 9.96. The van der Waals surface area contributed by atoms with Crippen LogP contribution in [0.2, 0.25) is 0 Å². The first kappa shape index (κ1) is 23.8. The van der Waals surface area contributed by atoms with E-state index in [0.717, 1.165) is 34.9 Å². The highest BCUT2D eigenvalue weighted by molar-refractivity contribution is 5.89. The molecule has 0 N–H and O–H groups in total. The molecule has 0 heterocycles. The molecular weight excluding hydrogens is 440 g/mol. The standard InChI is InChI=1S/C29H26F4O/c1-2-3-4-5-6-20-7-17-27-24(19-20)14-18-26(28(27)30)23-10-8-21(9-11-23)22-12-15-25(16-13-22)34-29(31,32)33/h7-19H,2-6H2,1H3. The molecule has 0 aliphatic carbocycles. The van der Waals surface area contributed by atoms with Gasteiger partial charge in [-0.3, -0.25) is 0 Å². The van der Waals surface area contributed by atoms with Crippen molar-refractivity contribution >= 4 is 10.8 Å². The van der Waals surface area contributed by atoms with Crippen LogP contribution in [0.25, 0.3) is 33.0 Å². The maximum atomic E-state index is 15.3. The van der Waals surface area contributed by atoms with Crippen molar-refractivity contribution < 1.29 is 22.3 Å². The van der Waals surface area contributed by atoms with Crippen LogP contribution < -0.4 is 4.74 Å². The summed E-state index contributed by atoms with van der Waals surface area (Å²) in [6.07, 6.45) is 1.08. The molecule has 0 spiro atoms. The number of rotatable bonds is 8. The largest absolute Gasteiger partial charge is 0.573 e. The maximum Gasteiger partial charge on any atom is 0.573 e. The Balaban J connectivity index is 1.52. The summed E-state index contributed by atoms with van der Waals surface area (Å²) in [6, 6.07) is 22.7. The van der Waals surface area contributed by atoms with Crippen molar-refractivity contribution in [2.45, 2.75) is 45.4 Å². The zero-order chi connectivity index (χ0) is 24.1. The fourth-order valence-electron chi connectivity index (χ4n) is 4.17. The van der Waals surface area contributed by atoms with Gasteiger partial charge in [-0.2, -0.15) is 0 Å². The number of halogens is 4. The highest BCUT2D eigenvalue weighted by Gasteiger charge is 2.30. The van der Waals surface area contributed by atoms with Gasteiger partial charge in [0, 0.05) is 10.9 Å². The molecule has 0 saturated carbocycles. The van der Waals surface area contributed by atoms with Crippen molar-refractivity contribution in [2.75, 3.05) is 0 Å². The number of hydrogen-bond donors (Lipinski definition) is 0. The number of benzene rings is 4. The Bertz CT molecular complexity index is 1240. The zero-order valence-corrected chi connectivity index (χ0v) is 19.0. The van der Waals surface area contributed by atoms with Crippen LogP contribution in [0.4, 0.5) is 17.6 Å². The number of aryl methyl sites for hydroxylation is 1. The van der Waals surface area contributed by atoms with Gasteiger partial charge in [0.05, 0.1) is 0 Å². The molecular formula is C29H26F4O. The van der Waals surface area contributed by atoms with E-state index < -0.39 is 6.36 Å². The summed E-state index contributed by atoms with van der Waals surface area (Å²) in [5.41, 5.74) is 4.04. The molecule has 0 aromatic heterocycles. The van der Waals surface area contributed by atoms with E-state index in [9.17, 15) is 13.2 Å². The van der Waals surface area contributed by atoms with Crippen molar-refractivity contribution in [1.82, 2.24) is 0 Å². The highest BCUT2D eigenvalue weighted by atomic mass is 19.4. The highest BCUT2D eigenvalue weighted by Crippen LogP contribution is 2.32. The second-order valence-electron chi connectivity index (χ2n) is 8.44. The van der Waals surface area contributed by atoms with Gasteiger partial charge in [0.1, 0.15) is 11.6 Å². The van der Waals surface area contributed by atoms with E-state index in [4.69, 9.17) is 0 Å². The summed E-state index contributed by atoms with van der Waals surface area (Å²) in [7, 11) is 0. The van der Waals surface area contributed by atoms with Gasteiger partial charge in [0.15, 0.2) is 0 Å². The van der Waals surface area contributed by atoms with Crippen molar-refractivity contribution in [2.24, 2.45) is 0 Å². The average molecular weight is 467 g/mol. The molecule has 1 nitrogen and oxygen atoms in total. The van der Waals surface area contributed by atoms with Gasteiger partial charge in [-0.1, -0.05) is 92.9 Å². The van der Waals surface area contributed by atoms with E-state index in [-0.39, 0.29) is 11.6 Å². The molecule has 0 aliphatic heterocycles. The number of fused-ring (bicyclic) bond motifs is 1. The molecule has 0 atom stereocenters. The smallest absolute Gasteiger partial charge is 0.406 e. The van der Waals surface area contributed by atoms with Crippen LogP contribution in [-0.2, 0) is 6.42 Å². The Labute approximate surface area is 197 Å². The van der Waals surface area contributed by atoms with E-state index in [1.165, 1.54) is 37.0 Å². The van der Waals surface area contributed by atoms with E-state index in [1.54, 1.807) is 18.2 Å². The van der Waals surface area contributed by atoms with Gasteiger partial charge in [-0.25, -0.2) is 4.39 Å². The third-order valence-electron chi connectivity index (χ3n) is 5.95. The summed E-state index contributed by atoms with van der Waals surface area (Å²) in [5, 5.41) is 1.49. The van der Waals surface area contributed by atoms with Crippen LogP contribution in [-0.4, -0.2) is 6.36 Å². The SMILES string of the molecule is CCCCCCc1ccc2c(F)c(-c3ccc(-c4ccc(OC(F)(F)F)cc4)cc3)ccc2c1. The molecule has 4 aromatic rings. The molecule has 176 valence electrons. The van der Waals surface area contributed by atoms with Crippen LogP contribution in [0.5, 0.6) is 5.75 Å². The van der Waals surface area contributed by atoms with E-state index >= 15 is 4.39 Å². The number of hydrogen-bond acceptors (Lipinski definition) is 1. The second-order valence-corrected chi connectivity index (χ2v) is 8.44. The van der Waals surface area contributed by atoms with Crippen LogP contribution >= 0.6 is 0 Å². The summed E-state index contributed by atoms with van der Waals surface area (Å²) >= 11 is 0. The van der Waals surface area contributed by atoms with Crippen LogP contribution in [0, 0.1) is 5.82 Å². The molecule has 0 fully saturated rings. The molecule has 4 rings (SSSR count). The lowest BCUT2D eigenvalue weighted by Gasteiger charge is -2.11. The minimum atomic E-state index is -4.72. The van der Waals surface area contributed by atoms with Gasteiger partial charge in [-0.05, 0) is 52.6 Å². The van der Waals surface area contributed by atoms with Crippen LogP contribution in [0.1, 0.15) is 38.2 Å². The molecule has 0 saturated heterocycles. The summed E-state index contributed by atoms with van der Waals surface area (Å²) < 4.78 is 56.3. The number of ether oxygens (including phenoxy) is 1. The molecule has 0 aliphatic rings. The van der Waals surface area contributed by atoms with Crippen molar-refractivity contribution in [1.29, 1.82) is 0 Å². The normalized spacial score (nSPS) is 11.7. The first-order chi connectivity index (χ1) is 16.3. The van der Waals surface area contributed by atoms with Gasteiger partial charge in [-0.15, -0.1) is 13.2 Å². The summed E-state index contributed by atoms with van der Waals surface area (Å²) in [4.78, 5) is 0. The van der Waals surface area contributed by atoms with Crippen LogP contribution in [0.3, 0.4) is 0 Å². The zero-order valence-electron chi connectivity index (χ0n) is 19.0. The Hall–Kier alpha value is -3.34. The van der Waals surface area contributed by atoms with Crippen molar-refractivity contribution in [3.05, 3.63) is 90.2 Å². The molecule has 0 unspecified atom stereocenters. The first-order valence-electron chi connectivity index (χ1n) is 11.5. The predicted octanol–water partition coefficient (Wildman–Crippen LogP) is 9.33. The Morgan fingerprint density at radius 1 is 0.706 bits per heavy atom. The fourth-order valence-corrected chi connectivity index (χ4v) is 4.17. The van der Waals surface area contributed by atoms with Crippen LogP contribution in [0.15, 0.2) is 78.9 Å². The predicted molar refractivity (Wildman–Crippen MR) is 129 cm³/mol. The molecule has 0 radical (unpaired) electrons. The Morgan fingerprint density at radius 3 is 2.00 bits per heavy atom. The summed E-state index contributed by atoms with van der Waals surface area (Å²) in [6.45, 7) is 2.19. The third-order valence-corrected chi connectivity index (χ3v) is 5.95. The third kappa shape index (κ3) is 5.77. The lowest BCUT2D eigenvalue weighted by Crippen LogP contribution is -2.16. The molecule has 0 bridgehead atoms. The molecule has 0 amide bonds. The van der Waals surface area contributed by atoms with E-state index in [1.807, 2.05) is 42.5 Å². The average Bonchev–Trinajstić information content (AvgIpc) is 2.82. The molecule has 34 heavy (non-hydrogen) atoms. The van der Waals surface area contributed by atoms with Gasteiger partial charge in [0.2, 0.25) is 0 Å². The molecule has 4 aromatic carbocycles. The van der Waals surface area contributed by atoms with Gasteiger partial charge in [0.25, 0.3) is 0 Å². The van der Waals surface area contributed by atoms with E-state index in [2.05, 4.69) is 17.7 Å². The second kappa shape index (κ2) is 10.3. The minimum absolute atomic E-state index is 0.253. The van der Waals surface area contributed by atoms with Crippen molar-refractivity contribution in [3.63, 3.8) is 0 Å². The molecule has 5 heteroatoms. The minimum Gasteiger partial charge on any atom is -0.406 e. The van der Waals surface area contributed by atoms with E-state index in [0.29, 0.717) is 10.9 Å². The summed E-state index contributed by atoms with van der Waals surface area (Å²) in [5.74, 6) is -0.522. The van der Waals surface area contributed by atoms with Gasteiger partial charge >= 0.3 is 6.36 Å². The Morgan fingerprint density at radius 2 is 1.35 bits per heavy atom. The van der Waals surface area contributed by atoms with Crippen molar-refractivity contribution in [3.8, 4) is 28.0 Å². The first-order valence-corrected chi connectivity index (χ1v) is 11.5. The fraction of sp³-hybridized carbons (Fsp3) is 0.241. The number of unbranched alkanes of at least 4 members (excludes halogenated alkanes) is 3. The lowest BCUT2D eigenvalue weighted by molar-refractivity contribution is -0.274.